The monoisotopic (exact) mass is 213 g/mol. The summed E-state index contributed by atoms with van der Waals surface area (Å²) in [7, 11) is 0. The Morgan fingerprint density at radius 3 is 2.50 bits per heavy atom. The van der Waals surface area contributed by atoms with E-state index < -0.39 is 0 Å². The summed E-state index contributed by atoms with van der Waals surface area (Å²) in [6, 6.07) is 0. The van der Waals surface area contributed by atoms with Crippen molar-refractivity contribution in [1.82, 2.24) is 4.31 Å². The van der Waals surface area contributed by atoms with Crippen molar-refractivity contribution in [1.29, 1.82) is 0 Å². The van der Waals surface area contributed by atoms with Crippen LogP contribution in [0.15, 0.2) is 12.3 Å². The van der Waals surface area contributed by atoms with Crippen molar-refractivity contribution in [3.63, 3.8) is 0 Å². The molecule has 0 aromatic heterocycles. The van der Waals surface area contributed by atoms with Crippen LogP contribution in [0.5, 0.6) is 0 Å². The molecule has 1 nitrogen and oxygen atoms in total. The molecule has 0 heterocycles. The van der Waals surface area contributed by atoms with E-state index in [1.54, 1.807) is 0 Å². The lowest BCUT2D eigenvalue weighted by Gasteiger charge is -2.28. The predicted molar refractivity (Wildman–Crippen MR) is 66.2 cm³/mol. The van der Waals surface area contributed by atoms with Crippen LogP contribution in [0.1, 0.15) is 46.0 Å². The van der Waals surface area contributed by atoms with Crippen LogP contribution >= 0.6 is 12.8 Å². The smallest absolute Gasteiger partial charge is 0.0314 e. The molecule has 0 aromatic carbocycles. The predicted octanol–water partition coefficient (Wildman–Crippen LogP) is 3.88. The number of hydrogen-bond acceptors (Lipinski definition) is 2. The first-order valence-corrected chi connectivity index (χ1v) is 6.24. The average Bonchev–Trinajstić information content (AvgIpc) is 2.18. The molecule has 1 aliphatic rings. The highest BCUT2D eigenvalue weighted by Gasteiger charge is 2.18. The molecule has 0 unspecified atom stereocenters. The zero-order valence-corrected chi connectivity index (χ0v) is 10.3. The van der Waals surface area contributed by atoms with Crippen molar-refractivity contribution in [2.75, 3.05) is 6.54 Å². The average molecular weight is 213 g/mol. The van der Waals surface area contributed by atoms with Gasteiger partial charge in [-0.1, -0.05) is 45.6 Å². The van der Waals surface area contributed by atoms with E-state index >= 15 is 0 Å². The number of allylic oxidation sites excluding steroid dienone is 1. The molecule has 2 heteroatoms. The van der Waals surface area contributed by atoms with Gasteiger partial charge in [-0.05, 0) is 31.1 Å². The van der Waals surface area contributed by atoms with E-state index in [2.05, 4.69) is 38.9 Å². The summed E-state index contributed by atoms with van der Waals surface area (Å²) in [5, 5.41) is 0. The van der Waals surface area contributed by atoms with Crippen LogP contribution in [0, 0.1) is 11.8 Å². The topological polar surface area (TPSA) is 3.24 Å². The van der Waals surface area contributed by atoms with Gasteiger partial charge in [0.05, 0.1) is 0 Å². The molecular formula is C12H23NS. The number of nitrogens with zero attached hydrogens (tertiary/aromatic N) is 1. The third-order valence-electron chi connectivity index (χ3n) is 3.09. The molecule has 0 amide bonds. The Hall–Kier alpha value is -0.110. The van der Waals surface area contributed by atoms with Gasteiger partial charge in [-0.25, -0.2) is 0 Å². The summed E-state index contributed by atoms with van der Waals surface area (Å²) in [5.74, 6) is 1.82. The van der Waals surface area contributed by atoms with E-state index in [0.717, 1.165) is 24.8 Å². The molecule has 0 N–H and O–H groups in total. The van der Waals surface area contributed by atoms with Crippen molar-refractivity contribution < 1.29 is 0 Å². The molecule has 82 valence electrons. The number of hydrogen-bond donors (Lipinski definition) is 1. The Kier molecular flexibility index (Phi) is 5.46. The summed E-state index contributed by atoms with van der Waals surface area (Å²) in [4.78, 5) is 0. The van der Waals surface area contributed by atoms with E-state index in [-0.39, 0.29) is 0 Å². The highest BCUT2D eigenvalue weighted by atomic mass is 32.1. The third-order valence-corrected chi connectivity index (χ3v) is 3.39. The third kappa shape index (κ3) is 4.41. The van der Waals surface area contributed by atoms with E-state index in [1.807, 2.05) is 4.31 Å². The lowest BCUT2D eigenvalue weighted by atomic mass is 9.83. The zero-order chi connectivity index (χ0) is 10.4. The molecule has 1 rings (SSSR count). The van der Waals surface area contributed by atoms with Crippen LogP contribution in [0.2, 0.25) is 0 Å². The number of rotatable bonds is 4. The molecule has 0 spiro atoms. The Morgan fingerprint density at radius 1 is 1.29 bits per heavy atom. The summed E-state index contributed by atoms with van der Waals surface area (Å²) in [5.41, 5.74) is 0. The largest absolute Gasteiger partial charge is 0.326 e. The molecule has 0 bridgehead atoms. The van der Waals surface area contributed by atoms with Crippen LogP contribution < -0.4 is 0 Å². The van der Waals surface area contributed by atoms with Gasteiger partial charge < -0.3 is 4.31 Å². The van der Waals surface area contributed by atoms with Gasteiger partial charge in [0.15, 0.2) is 0 Å². The fourth-order valence-corrected chi connectivity index (χ4v) is 2.39. The van der Waals surface area contributed by atoms with Crippen molar-refractivity contribution in [2.24, 2.45) is 11.8 Å². The minimum atomic E-state index is 0.866. The molecule has 0 radical (unpaired) electrons. The highest BCUT2D eigenvalue weighted by molar-refractivity contribution is 7.77. The highest BCUT2D eigenvalue weighted by Crippen LogP contribution is 2.29. The lowest BCUT2D eigenvalue weighted by molar-refractivity contribution is 0.268. The van der Waals surface area contributed by atoms with E-state index in [9.17, 15) is 0 Å². The summed E-state index contributed by atoms with van der Waals surface area (Å²) in [6.07, 6.45) is 10.9. The van der Waals surface area contributed by atoms with Gasteiger partial charge in [0.25, 0.3) is 0 Å². The lowest BCUT2D eigenvalue weighted by Crippen LogP contribution is -2.21. The summed E-state index contributed by atoms with van der Waals surface area (Å²) in [6.45, 7) is 5.64. The minimum Gasteiger partial charge on any atom is -0.326 e. The van der Waals surface area contributed by atoms with E-state index in [0.29, 0.717) is 0 Å². The van der Waals surface area contributed by atoms with Crippen molar-refractivity contribution >= 4 is 12.8 Å². The zero-order valence-electron chi connectivity index (χ0n) is 9.45. The Balaban J connectivity index is 2.20. The Morgan fingerprint density at radius 2 is 1.93 bits per heavy atom. The summed E-state index contributed by atoms with van der Waals surface area (Å²) >= 11 is 4.44. The van der Waals surface area contributed by atoms with Crippen molar-refractivity contribution in [3.05, 3.63) is 12.3 Å². The number of thiol groups is 1. The molecule has 1 aliphatic carbocycles. The van der Waals surface area contributed by atoms with Crippen molar-refractivity contribution in [3.8, 4) is 0 Å². The first-order valence-electron chi connectivity index (χ1n) is 5.84. The van der Waals surface area contributed by atoms with Gasteiger partial charge >= 0.3 is 0 Å². The Labute approximate surface area is 94.1 Å². The maximum Gasteiger partial charge on any atom is 0.0314 e. The van der Waals surface area contributed by atoms with Gasteiger partial charge in [0, 0.05) is 12.7 Å². The van der Waals surface area contributed by atoms with Crippen LogP contribution in [0.3, 0.4) is 0 Å². The van der Waals surface area contributed by atoms with Gasteiger partial charge in [0.2, 0.25) is 0 Å². The van der Waals surface area contributed by atoms with Gasteiger partial charge in [-0.15, -0.1) is 0 Å². The standard InChI is InChI=1S/C12H23NS/c1-3-4-9-13(14)10-12-7-5-11(2)6-8-12/h4,9,11-12,14H,3,5-8,10H2,1-2H3/b9-4-. The molecule has 0 atom stereocenters. The first kappa shape index (κ1) is 12.0. The second kappa shape index (κ2) is 6.39. The van der Waals surface area contributed by atoms with Crippen LogP contribution in [0.4, 0.5) is 0 Å². The molecular weight excluding hydrogens is 190 g/mol. The van der Waals surface area contributed by atoms with Crippen LogP contribution in [-0.2, 0) is 0 Å². The fourth-order valence-electron chi connectivity index (χ4n) is 2.06. The van der Waals surface area contributed by atoms with Gasteiger partial charge in [0.1, 0.15) is 0 Å². The fraction of sp³-hybridized carbons (Fsp3) is 0.833. The van der Waals surface area contributed by atoms with Gasteiger partial charge in [-0.3, -0.25) is 0 Å². The molecule has 0 saturated heterocycles. The second-order valence-electron chi connectivity index (χ2n) is 4.54. The molecule has 0 aromatic rings. The van der Waals surface area contributed by atoms with Gasteiger partial charge in [-0.2, -0.15) is 0 Å². The molecule has 0 aliphatic heterocycles. The van der Waals surface area contributed by atoms with Crippen LogP contribution in [0.25, 0.3) is 0 Å². The molecule has 1 saturated carbocycles. The maximum atomic E-state index is 4.44. The Bertz CT molecular complexity index is 171. The van der Waals surface area contributed by atoms with E-state index in [4.69, 9.17) is 0 Å². The molecule has 14 heavy (non-hydrogen) atoms. The van der Waals surface area contributed by atoms with E-state index in [1.165, 1.54) is 25.7 Å². The van der Waals surface area contributed by atoms with Crippen molar-refractivity contribution in [2.45, 2.75) is 46.0 Å². The normalized spacial score (nSPS) is 28.2. The summed E-state index contributed by atoms with van der Waals surface area (Å²) < 4.78 is 2.05. The molecule has 1 fully saturated rings. The van der Waals surface area contributed by atoms with Crippen LogP contribution in [-0.4, -0.2) is 10.8 Å². The maximum absolute atomic E-state index is 4.44. The first-order chi connectivity index (χ1) is 6.72. The quantitative estimate of drug-likeness (QED) is 0.694. The second-order valence-corrected chi connectivity index (χ2v) is 5.05. The minimum absolute atomic E-state index is 0.866. The SMILES string of the molecule is CC/C=C\N(S)CC1CCC(C)CC1.